The first-order valence-electron chi connectivity index (χ1n) is 10.2. The number of methoxy groups -OCH3 is 1. The number of ether oxygens (including phenoxy) is 3. The van der Waals surface area contributed by atoms with Crippen LogP contribution in [0.15, 0.2) is 47.5 Å². The van der Waals surface area contributed by atoms with Gasteiger partial charge in [0.05, 0.1) is 20.3 Å². The molecule has 6 nitrogen and oxygen atoms in total. The van der Waals surface area contributed by atoms with E-state index in [4.69, 9.17) is 14.2 Å². The minimum absolute atomic E-state index is 0.596. The van der Waals surface area contributed by atoms with Gasteiger partial charge >= 0.3 is 0 Å². The molecule has 1 fully saturated rings. The van der Waals surface area contributed by atoms with E-state index in [-0.39, 0.29) is 0 Å². The summed E-state index contributed by atoms with van der Waals surface area (Å²) in [5, 5.41) is 6.71. The minimum Gasteiger partial charge on any atom is -0.493 e. The summed E-state index contributed by atoms with van der Waals surface area (Å²) < 4.78 is 17.0. The molecule has 2 N–H and O–H groups in total. The molecule has 0 atom stereocenters. The van der Waals surface area contributed by atoms with Crippen molar-refractivity contribution < 1.29 is 14.2 Å². The number of rotatable bonds is 10. The maximum absolute atomic E-state index is 5.99. The summed E-state index contributed by atoms with van der Waals surface area (Å²) in [7, 11) is 3.41. The molecule has 0 aliphatic heterocycles. The van der Waals surface area contributed by atoms with Gasteiger partial charge in [0.2, 0.25) is 0 Å². The number of hydrogen-bond donors (Lipinski definition) is 2. The summed E-state index contributed by atoms with van der Waals surface area (Å²) in [6, 6.07) is 14.1. The van der Waals surface area contributed by atoms with Crippen molar-refractivity contribution >= 4 is 5.96 Å². The van der Waals surface area contributed by atoms with Crippen LogP contribution < -0.4 is 24.8 Å². The van der Waals surface area contributed by atoms with Crippen molar-refractivity contribution in [2.24, 2.45) is 10.9 Å². The molecule has 0 amide bonds. The van der Waals surface area contributed by atoms with Crippen molar-refractivity contribution in [3.05, 3.63) is 53.6 Å². The molecule has 156 valence electrons. The molecule has 0 spiro atoms. The molecule has 1 saturated carbocycles. The maximum atomic E-state index is 5.99. The lowest BCUT2D eigenvalue weighted by Crippen LogP contribution is -2.36. The van der Waals surface area contributed by atoms with Crippen molar-refractivity contribution in [2.75, 3.05) is 27.4 Å². The molecule has 3 rings (SSSR count). The van der Waals surface area contributed by atoms with E-state index in [0.717, 1.165) is 46.9 Å². The number of hydrogen-bond acceptors (Lipinski definition) is 4. The summed E-state index contributed by atoms with van der Waals surface area (Å²) in [5.41, 5.74) is 2.21. The Labute approximate surface area is 173 Å². The van der Waals surface area contributed by atoms with E-state index in [2.05, 4.69) is 21.7 Å². The van der Waals surface area contributed by atoms with Crippen LogP contribution in [0.25, 0.3) is 0 Å². The molecular formula is C23H31N3O3. The monoisotopic (exact) mass is 397 g/mol. The van der Waals surface area contributed by atoms with E-state index in [1.165, 1.54) is 12.8 Å². The van der Waals surface area contributed by atoms with E-state index in [0.29, 0.717) is 19.7 Å². The highest BCUT2D eigenvalue weighted by molar-refractivity contribution is 5.79. The van der Waals surface area contributed by atoms with Gasteiger partial charge in [0, 0.05) is 25.7 Å². The van der Waals surface area contributed by atoms with E-state index in [1.54, 1.807) is 14.2 Å². The van der Waals surface area contributed by atoms with E-state index < -0.39 is 0 Å². The Morgan fingerprint density at radius 2 is 1.79 bits per heavy atom. The molecule has 1 aliphatic carbocycles. The molecule has 6 heteroatoms. The Morgan fingerprint density at radius 3 is 2.52 bits per heavy atom. The van der Waals surface area contributed by atoms with Gasteiger partial charge in [-0.2, -0.15) is 0 Å². The highest BCUT2D eigenvalue weighted by Crippen LogP contribution is 2.30. The normalized spacial score (nSPS) is 13.7. The predicted molar refractivity (Wildman–Crippen MR) is 116 cm³/mol. The second-order valence-electron chi connectivity index (χ2n) is 7.06. The number of aliphatic imine (C=N–C) groups is 1. The second kappa shape index (κ2) is 10.6. The third kappa shape index (κ3) is 6.31. The third-order valence-electron chi connectivity index (χ3n) is 4.80. The molecule has 0 heterocycles. The van der Waals surface area contributed by atoms with Gasteiger partial charge in [-0.05, 0) is 49.4 Å². The average molecular weight is 398 g/mol. The van der Waals surface area contributed by atoms with Gasteiger partial charge in [-0.25, -0.2) is 0 Å². The third-order valence-corrected chi connectivity index (χ3v) is 4.80. The zero-order chi connectivity index (χ0) is 20.5. The summed E-state index contributed by atoms with van der Waals surface area (Å²) in [6.07, 6.45) is 2.57. The zero-order valence-corrected chi connectivity index (χ0v) is 17.5. The van der Waals surface area contributed by atoms with Gasteiger partial charge in [0.15, 0.2) is 17.5 Å². The molecule has 0 unspecified atom stereocenters. The van der Waals surface area contributed by atoms with Gasteiger partial charge in [0.1, 0.15) is 5.75 Å². The Balaban J connectivity index is 1.54. The van der Waals surface area contributed by atoms with Crippen LogP contribution in [0.4, 0.5) is 0 Å². The van der Waals surface area contributed by atoms with Gasteiger partial charge in [0.25, 0.3) is 0 Å². The number of nitrogens with one attached hydrogen (secondary N) is 2. The van der Waals surface area contributed by atoms with E-state index in [1.807, 2.05) is 43.3 Å². The number of nitrogens with zero attached hydrogens (tertiary/aromatic N) is 1. The molecule has 0 saturated heterocycles. The number of guanidine groups is 1. The Morgan fingerprint density at radius 1 is 1.00 bits per heavy atom. The molecular weight excluding hydrogens is 366 g/mol. The second-order valence-corrected chi connectivity index (χ2v) is 7.06. The van der Waals surface area contributed by atoms with Crippen LogP contribution in [-0.2, 0) is 13.1 Å². The lowest BCUT2D eigenvalue weighted by molar-refractivity contribution is 0.296. The Bertz CT molecular complexity index is 819. The average Bonchev–Trinajstić information content (AvgIpc) is 3.58. The Kier molecular flexibility index (Phi) is 7.61. The summed E-state index contributed by atoms with van der Waals surface area (Å²) in [4.78, 5) is 4.32. The van der Waals surface area contributed by atoms with Crippen LogP contribution in [0.1, 0.15) is 30.9 Å². The minimum atomic E-state index is 0.596. The number of para-hydroxylation sites is 1. The fraction of sp³-hybridized carbons (Fsp3) is 0.435. The fourth-order valence-corrected chi connectivity index (χ4v) is 2.97. The number of benzene rings is 2. The lowest BCUT2D eigenvalue weighted by Gasteiger charge is -2.15. The van der Waals surface area contributed by atoms with Gasteiger partial charge in [-0.3, -0.25) is 4.99 Å². The van der Waals surface area contributed by atoms with Crippen molar-refractivity contribution in [2.45, 2.75) is 32.9 Å². The first kappa shape index (κ1) is 20.8. The maximum Gasteiger partial charge on any atom is 0.191 e. The summed E-state index contributed by atoms with van der Waals surface area (Å²) in [6.45, 7) is 4.64. The standard InChI is InChI=1S/C23H31N3O3/c1-4-28-22-13-18(11-12-21(22)27-3)14-25-23(24-2)26-15-19-7-5-6-8-20(19)29-16-17-9-10-17/h5-8,11-13,17H,4,9-10,14-16H2,1-3H3,(H2,24,25,26). The smallest absolute Gasteiger partial charge is 0.191 e. The Hall–Kier alpha value is -2.89. The first-order chi connectivity index (χ1) is 14.2. The quantitative estimate of drug-likeness (QED) is 0.472. The van der Waals surface area contributed by atoms with Gasteiger partial charge in [-0.15, -0.1) is 0 Å². The van der Waals surface area contributed by atoms with Crippen LogP contribution in [0.5, 0.6) is 17.2 Å². The highest BCUT2D eigenvalue weighted by Gasteiger charge is 2.22. The van der Waals surface area contributed by atoms with Gasteiger partial charge in [-0.1, -0.05) is 24.3 Å². The SMILES string of the molecule is CCOc1cc(CNC(=NC)NCc2ccccc2OCC2CC2)ccc1OC. The predicted octanol–water partition coefficient (Wildman–Crippen LogP) is 3.75. The molecule has 2 aromatic carbocycles. The topological polar surface area (TPSA) is 64.1 Å². The van der Waals surface area contributed by atoms with Crippen molar-refractivity contribution in [3.63, 3.8) is 0 Å². The summed E-state index contributed by atoms with van der Waals surface area (Å²) >= 11 is 0. The van der Waals surface area contributed by atoms with Crippen molar-refractivity contribution in [3.8, 4) is 17.2 Å². The molecule has 0 bridgehead atoms. The molecule has 2 aromatic rings. The van der Waals surface area contributed by atoms with Crippen molar-refractivity contribution in [1.82, 2.24) is 10.6 Å². The molecule has 29 heavy (non-hydrogen) atoms. The van der Waals surface area contributed by atoms with E-state index in [9.17, 15) is 0 Å². The van der Waals surface area contributed by atoms with Crippen LogP contribution in [0.3, 0.4) is 0 Å². The highest BCUT2D eigenvalue weighted by atomic mass is 16.5. The lowest BCUT2D eigenvalue weighted by atomic mass is 10.2. The fourth-order valence-electron chi connectivity index (χ4n) is 2.97. The van der Waals surface area contributed by atoms with Crippen molar-refractivity contribution in [1.29, 1.82) is 0 Å². The largest absolute Gasteiger partial charge is 0.493 e. The molecule has 0 aromatic heterocycles. The zero-order valence-electron chi connectivity index (χ0n) is 17.5. The van der Waals surface area contributed by atoms with Gasteiger partial charge < -0.3 is 24.8 Å². The summed E-state index contributed by atoms with van der Waals surface area (Å²) in [5.74, 6) is 3.89. The van der Waals surface area contributed by atoms with Crippen LogP contribution in [-0.4, -0.2) is 33.3 Å². The van der Waals surface area contributed by atoms with Crippen LogP contribution in [0.2, 0.25) is 0 Å². The first-order valence-corrected chi connectivity index (χ1v) is 10.2. The molecule has 1 aliphatic rings. The van der Waals surface area contributed by atoms with E-state index >= 15 is 0 Å². The van der Waals surface area contributed by atoms with Crippen LogP contribution >= 0.6 is 0 Å². The van der Waals surface area contributed by atoms with Crippen LogP contribution in [0, 0.1) is 5.92 Å². The molecule has 0 radical (unpaired) electrons.